The van der Waals surface area contributed by atoms with Crippen molar-refractivity contribution in [1.29, 1.82) is 0 Å². The maximum Gasteiger partial charge on any atom is 0.148 e. The van der Waals surface area contributed by atoms with E-state index < -0.39 is 12.7 Å². The molecular weight excluding hydrogens is 890 g/mol. The van der Waals surface area contributed by atoms with Crippen molar-refractivity contribution in [2.24, 2.45) is 0 Å². The van der Waals surface area contributed by atoms with Crippen molar-refractivity contribution in [3.05, 3.63) is 168 Å². The van der Waals surface area contributed by atoms with Crippen LogP contribution < -0.4 is 0 Å². The van der Waals surface area contributed by atoms with E-state index in [1.807, 2.05) is 97.4 Å². The van der Waals surface area contributed by atoms with E-state index in [1.165, 1.54) is 0 Å². The molecular formula is C53H50N3OPt-. The molecule has 5 heteroatoms. The SMILES string of the molecule is [2H]C([2H])([2H])c1cc(-c2c(C(C)C)cccc2C([2H])(C)C)ccc1-n1c(-c2ccccc2O)nc2c(-c3[c-]c(-c4cc(-c5ccccc5)ccn4)cc(C(C)(C)C)c3)cccc21.[Pt]. The number of phenolic OH excluding ortho intramolecular Hbond substituents is 1. The number of nitrogens with zero attached hydrogens (tertiary/aromatic N) is 3. The second-order valence-electron chi connectivity index (χ2n) is 16.4. The fourth-order valence-corrected chi connectivity index (χ4v) is 7.75. The van der Waals surface area contributed by atoms with Crippen LogP contribution in [-0.2, 0) is 26.5 Å². The van der Waals surface area contributed by atoms with Crippen molar-refractivity contribution in [1.82, 2.24) is 14.5 Å². The third-order valence-corrected chi connectivity index (χ3v) is 10.8. The van der Waals surface area contributed by atoms with Crippen molar-refractivity contribution in [2.75, 3.05) is 0 Å². The molecule has 8 rings (SSSR count). The smallest absolute Gasteiger partial charge is 0.148 e. The Hall–Kier alpha value is -5.57. The summed E-state index contributed by atoms with van der Waals surface area (Å²) in [6, 6.07) is 46.9. The summed E-state index contributed by atoms with van der Waals surface area (Å²) in [5, 5.41) is 11.4. The average molecular weight is 944 g/mol. The molecule has 0 atom stereocenters. The second-order valence-corrected chi connectivity index (χ2v) is 16.4. The minimum absolute atomic E-state index is 0. The average Bonchev–Trinajstić information content (AvgIpc) is 3.62. The van der Waals surface area contributed by atoms with Crippen LogP contribution in [0.1, 0.15) is 88.0 Å². The largest absolute Gasteiger partial charge is 0.507 e. The molecule has 294 valence electrons. The number of aryl methyl sites for hydroxylation is 1. The number of aromatic hydroxyl groups is 1. The molecule has 0 unspecified atom stereocenters. The molecule has 1 N–H and O–H groups in total. The summed E-state index contributed by atoms with van der Waals surface area (Å²) < 4.78 is 37.8. The van der Waals surface area contributed by atoms with Crippen molar-refractivity contribution < 1.29 is 31.7 Å². The van der Waals surface area contributed by atoms with Gasteiger partial charge in [0, 0.05) is 38.4 Å². The zero-order valence-electron chi connectivity index (χ0n) is 38.0. The summed E-state index contributed by atoms with van der Waals surface area (Å²) in [4.78, 5) is 10.1. The van der Waals surface area contributed by atoms with Gasteiger partial charge >= 0.3 is 0 Å². The molecule has 0 aliphatic carbocycles. The van der Waals surface area contributed by atoms with Gasteiger partial charge in [0.05, 0.1) is 22.3 Å². The minimum Gasteiger partial charge on any atom is -0.507 e. The number of pyridine rings is 1. The molecule has 0 saturated carbocycles. The van der Waals surface area contributed by atoms with E-state index in [0.717, 1.165) is 61.3 Å². The van der Waals surface area contributed by atoms with Crippen molar-refractivity contribution >= 4 is 11.0 Å². The van der Waals surface area contributed by atoms with Crippen molar-refractivity contribution in [3.63, 3.8) is 0 Å². The van der Waals surface area contributed by atoms with Crippen LogP contribution in [0.25, 0.3) is 72.7 Å². The molecule has 0 spiro atoms. The molecule has 0 bridgehead atoms. The molecule has 0 aliphatic heterocycles. The van der Waals surface area contributed by atoms with Gasteiger partial charge in [-0.1, -0.05) is 145 Å². The van der Waals surface area contributed by atoms with Crippen LogP contribution in [0.5, 0.6) is 5.75 Å². The first kappa shape index (κ1) is 35.6. The van der Waals surface area contributed by atoms with Crippen LogP contribution in [-0.4, -0.2) is 19.6 Å². The van der Waals surface area contributed by atoms with Gasteiger partial charge in [-0.15, -0.1) is 29.3 Å². The predicted molar refractivity (Wildman–Crippen MR) is 238 cm³/mol. The number of rotatable bonds is 8. The van der Waals surface area contributed by atoms with E-state index >= 15 is 0 Å². The Morgan fingerprint density at radius 2 is 1.41 bits per heavy atom. The zero-order valence-corrected chi connectivity index (χ0v) is 36.2. The number of para-hydroxylation sites is 2. The Morgan fingerprint density at radius 1 is 0.707 bits per heavy atom. The number of hydrogen-bond donors (Lipinski definition) is 1. The zero-order chi connectivity index (χ0) is 43.4. The number of imidazole rings is 1. The van der Waals surface area contributed by atoms with Gasteiger partial charge in [-0.05, 0) is 99.4 Å². The van der Waals surface area contributed by atoms with E-state index in [2.05, 4.69) is 77.1 Å². The molecule has 58 heavy (non-hydrogen) atoms. The number of hydrogen-bond acceptors (Lipinski definition) is 3. The summed E-state index contributed by atoms with van der Waals surface area (Å²) in [6.07, 6.45) is 1.83. The monoisotopic (exact) mass is 943 g/mol. The molecule has 2 aromatic heterocycles. The van der Waals surface area contributed by atoms with Gasteiger partial charge in [0.25, 0.3) is 0 Å². The van der Waals surface area contributed by atoms with Gasteiger partial charge in [-0.2, -0.15) is 0 Å². The normalized spacial score (nSPS) is 13.1. The van der Waals surface area contributed by atoms with Crippen molar-refractivity contribution in [2.45, 2.75) is 72.5 Å². The second kappa shape index (κ2) is 16.4. The first-order valence-electron chi connectivity index (χ1n) is 21.6. The van der Waals surface area contributed by atoms with Crippen molar-refractivity contribution in [3.8, 4) is 67.5 Å². The summed E-state index contributed by atoms with van der Waals surface area (Å²) in [5.74, 6) is -0.377. The van der Waals surface area contributed by atoms with E-state index in [0.29, 0.717) is 28.1 Å². The summed E-state index contributed by atoms with van der Waals surface area (Å²) in [7, 11) is 0. The maximum atomic E-state index is 11.4. The van der Waals surface area contributed by atoms with Crippen LogP contribution in [0.15, 0.2) is 140 Å². The first-order chi connectivity index (χ1) is 28.9. The van der Waals surface area contributed by atoms with Crippen LogP contribution in [0.2, 0.25) is 0 Å². The van der Waals surface area contributed by atoms with E-state index in [9.17, 15) is 5.11 Å². The Labute approximate surface area is 363 Å². The van der Waals surface area contributed by atoms with Crippen LogP contribution in [0, 0.1) is 12.9 Å². The van der Waals surface area contributed by atoms with Gasteiger partial charge in [-0.25, -0.2) is 4.98 Å². The van der Waals surface area contributed by atoms with Crippen LogP contribution in [0.4, 0.5) is 0 Å². The molecule has 4 nitrogen and oxygen atoms in total. The van der Waals surface area contributed by atoms with Gasteiger partial charge in [0.1, 0.15) is 11.6 Å². The maximum absolute atomic E-state index is 11.4. The summed E-state index contributed by atoms with van der Waals surface area (Å²) in [5.41, 5.74) is 12.1. The van der Waals surface area contributed by atoms with Gasteiger partial charge in [0.2, 0.25) is 0 Å². The van der Waals surface area contributed by atoms with E-state index in [-0.39, 0.29) is 43.7 Å². The Morgan fingerprint density at radius 3 is 2.14 bits per heavy atom. The Balaban J connectivity index is 0.00000578. The van der Waals surface area contributed by atoms with Gasteiger partial charge in [-0.3, -0.25) is 9.55 Å². The molecule has 0 radical (unpaired) electrons. The number of aromatic nitrogens is 3. The number of fused-ring (bicyclic) bond motifs is 1. The summed E-state index contributed by atoms with van der Waals surface area (Å²) >= 11 is 0. The Kier molecular flexibility index (Phi) is 10.0. The van der Waals surface area contributed by atoms with E-state index in [4.69, 9.17) is 15.5 Å². The van der Waals surface area contributed by atoms with Gasteiger partial charge < -0.3 is 5.11 Å². The Bertz CT molecular complexity index is 2920. The quantitative estimate of drug-likeness (QED) is 0.154. The third-order valence-electron chi connectivity index (χ3n) is 10.8. The van der Waals surface area contributed by atoms with E-state index in [1.54, 1.807) is 24.3 Å². The number of benzene rings is 6. The molecule has 0 amide bonds. The van der Waals surface area contributed by atoms with Crippen LogP contribution >= 0.6 is 0 Å². The standard InChI is InChI=1S/C53H50N3O.Pt/c1-33(2)42-19-14-20-43(34(3)4)50(42)38-24-25-47(35(5)28-38)56-48-22-15-21-44(51(48)55-52(56)45-18-12-13-23-49(45)57)39-29-40(31-41(30-39)53(6,7)8)46-32-37(26-27-54-46)36-16-10-9-11-17-36;/h9-28,30-34,57H,1-8H3;/q-1;/i5D3,33D;. The molecule has 2 heterocycles. The first-order valence-corrected chi connectivity index (χ1v) is 19.6. The summed E-state index contributed by atoms with van der Waals surface area (Å²) in [6.45, 7) is 12.0. The molecule has 8 aromatic rings. The molecule has 0 fully saturated rings. The third kappa shape index (κ3) is 7.71. The van der Waals surface area contributed by atoms with Crippen LogP contribution in [0.3, 0.4) is 0 Å². The molecule has 0 aliphatic rings. The number of phenols is 1. The minimum atomic E-state index is -2.54. The topological polar surface area (TPSA) is 50.9 Å². The molecule has 6 aromatic carbocycles. The molecule has 0 saturated heterocycles. The fourth-order valence-electron chi connectivity index (χ4n) is 7.75. The van der Waals surface area contributed by atoms with Gasteiger partial charge in [0.15, 0.2) is 0 Å². The fraction of sp³-hybridized carbons (Fsp3) is 0.208. The predicted octanol–water partition coefficient (Wildman–Crippen LogP) is 14.1.